The fraction of sp³-hybridized carbons (Fsp3) is 0.579. The van der Waals surface area contributed by atoms with Crippen LogP contribution >= 0.6 is 0 Å². The number of methoxy groups -OCH3 is 1. The summed E-state index contributed by atoms with van der Waals surface area (Å²) in [5.41, 5.74) is 1.68. The van der Waals surface area contributed by atoms with Crippen LogP contribution in [0.1, 0.15) is 49.5 Å². The van der Waals surface area contributed by atoms with Crippen molar-refractivity contribution in [2.75, 3.05) is 26.8 Å². The third kappa shape index (κ3) is 8.54. The average molecular weight is 348 g/mol. The van der Waals surface area contributed by atoms with Crippen molar-refractivity contribution in [3.63, 3.8) is 0 Å². The molecule has 6 nitrogen and oxygen atoms in total. The van der Waals surface area contributed by atoms with Crippen LogP contribution in [0.15, 0.2) is 29.3 Å². The maximum absolute atomic E-state index is 12.2. The number of nitrogens with one attached hydrogen (secondary N) is 3. The Balaban J connectivity index is 2.66. The van der Waals surface area contributed by atoms with Crippen LogP contribution in [0.25, 0.3) is 0 Å². The quantitative estimate of drug-likeness (QED) is 0.345. The number of rotatable bonds is 10. The van der Waals surface area contributed by atoms with Gasteiger partial charge in [0.2, 0.25) is 0 Å². The first-order chi connectivity index (χ1) is 12.1. The predicted octanol–water partition coefficient (Wildman–Crippen LogP) is 2.31. The van der Waals surface area contributed by atoms with Gasteiger partial charge in [-0.15, -0.1) is 0 Å². The third-order valence-corrected chi connectivity index (χ3v) is 3.76. The standard InChI is InChI=1S/C19H32N4O2/c1-5-15(3)23-18(24)17-10-7-9-16(13-17)14-22-19(20-6-2)21-11-8-12-25-4/h7,9-10,13,15H,5-6,8,11-12,14H2,1-4H3,(H,23,24)(H2,20,21,22). The summed E-state index contributed by atoms with van der Waals surface area (Å²) in [7, 11) is 1.70. The van der Waals surface area contributed by atoms with Crippen LogP contribution in [0, 0.1) is 0 Å². The van der Waals surface area contributed by atoms with Gasteiger partial charge in [-0.25, -0.2) is 4.99 Å². The molecule has 6 heteroatoms. The molecule has 1 aromatic rings. The van der Waals surface area contributed by atoms with Crippen LogP contribution in [-0.2, 0) is 11.3 Å². The molecule has 25 heavy (non-hydrogen) atoms. The molecule has 0 saturated carbocycles. The van der Waals surface area contributed by atoms with Crippen LogP contribution in [0.5, 0.6) is 0 Å². The maximum Gasteiger partial charge on any atom is 0.251 e. The fourth-order valence-corrected chi connectivity index (χ4v) is 2.16. The van der Waals surface area contributed by atoms with Crippen molar-refractivity contribution < 1.29 is 9.53 Å². The number of benzene rings is 1. The molecule has 0 radical (unpaired) electrons. The van der Waals surface area contributed by atoms with Gasteiger partial charge in [-0.2, -0.15) is 0 Å². The molecule has 1 rings (SSSR count). The van der Waals surface area contributed by atoms with Gasteiger partial charge in [-0.05, 0) is 44.4 Å². The Labute approximate surface area is 151 Å². The SMILES string of the molecule is CCNC(=NCc1cccc(C(=O)NC(C)CC)c1)NCCCOC. The van der Waals surface area contributed by atoms with Gasteiger partial charge in [0.05, 0.1) is 6.54 Å². The molecule has 3 N–H and O–H groups in total. The average Bonchev–Trinajstić information content (AvgIpc) is 2.63. The Morgan fingerprint density at radius 1 is 1.28 bits per heavy atom. The molecule has 140 valence electrons. The molecule has 0 bridgehead atoms. The predicted molar refractivity (Wildman–Crippen MR) is 103 cm³/mol. The first-order valence-electron chi connectivity index (χ1n) is 9.01. The molecule has 1 atom stereocenters. The van der Waals surface area contributed by atoms with Crippen LogP contribution in [0.3, 0.4) is 0 Å². The van der Waals surface area contributed by atoms with E-state index >= 15 is 0 Å². The zero-order valence-electron chi connectivity index (χ0n) is 15.9. The number of nitrogens with zero attached hydrogens (tertiary/aromatic N) is 1. The first kappa shape index (κ1) is 21.0. The van der Waals surface area contributed by atoms with E-state index in [1.807, 2.05) is 38.1 Å². The highest BCUT2D eigenvalue weighted by atomic mass is 16.5. The highest BCUT2D eigenvalue weighted by Gasteiger charge is 2.08. The van der Waals surface area contributed by atoms with Gasteiger partial charge >= 0.3 is 0 Å². The molecule has 0 aliphatic carbocycles. The van der Waals surface area contributed by atoms with Crippen molar-refractivity contribution in [2.24, 2.45) is 4.99 Å². The summed E-state index contributed by atoms with van der Waals surface area (Å²) in [4.78, 5) is 16.8. The zero-order chi connectivity index (χ0) is 18.5. The van der Waals surface area contributed by atoms with Crippen LogP contribution < -0.4 is 16.0 Å². The van der Waals surface area contributed by atoms with Crippen molar-refractivity contribution in [3.05, 3.63) is 35.4 Å². The summed E-state index contributed by atoms with van der Waals surface area (Å²) in [5.74, 6) is 0.734. The molecule has 0 aromatic heterocycles. The Hall–Kier alpha value is -2.08. The van der Waals surface area contributed by atoms with Gasteiger partial charge in [0, 0.05) is 38.4 Å². The minimum absolute atomic E-state index is 0.0372. The van der Waals surface area contributed by atoms with Crippen molar-refractivity contribution in [2.45, 2.75) is 46.2 Å². The fourth-order valence-electron chi connectivity index (χ4n) is 2.16. The summed E-state index contributed by atoms with van der Waals surface area (Å²) >= 11 is 0. The lowest BCUT2D eigenvalue weighted by Gasteiger charge is -2.12. The lowest BCUT2D eigenvalue weighted by atomic mass is 10.1. The second-order valence-electron chi connectivity index (χ2n) is 5.95. The summed E-state index contributed by atoms with van der Waals surface area (Å²) in [6, 6.07) is 7.79. The summed E-state index contributed by atoms with van der Waals surface area (Å²) in [6.07, 6.45) is 1.84. The van der Waals surface area contributed by atoms with Gasteiger partial charge < -0.3 is 20.7 Å². The van der Waals surface area contributed by atoms with E-state index in [1.165, 1.54) is 0 Å². The van der Waals surface area contributed by atoms with Crippen molar-refractivity contribution in [3.8, 4) is 0 Å². The highest BCUT2D eigenvalue weighted by Crippen LogP contribution is 2.07. The van der Waals surface area contributed by atoms with E-state index in [1.54, 1.807) is 7.11 Å². The number of carbonyl (C=O) groups is 1. The Morgan fingerprint density at radius 2 is 2.08 bits per heavy atom. The topological polar surface area (TPSA) is 74.8 Å². The number of aliphatic imine (C=N–C) groups is 1. The molecular weight excluding hydrogens is 316 g/mol. The van der Waals surface area contributed by atoms with E-state index in [9.17, 15) is 4.79 Å². The second-order valence-corrected chi connectivity index (χ2v) is 5.95. The zero-order valence-corrected chi connectivity index (χ0v) is 15.9. The molecule has 1 aromatic carbocycles. The molecule has 0 aliphatic heterocycles. The molecule has 0 fully saturated rings. The van der Waals surface area contributed by atoms with Crippen molar-refractivity contribution in [1.82, 2.24) is 16.0 Å². The van der Waals surface area contributed by atoms with E-state index in [0.717, 1.165) is 44.1 Å². The van der Waals surface area contributed by atoms with Crippen molar-refractivity contribution >= 4 is 11.9 Å². The monoisotopic (exact) mass is 348 g/mol. The van der Waals surface area contributed by atoms with Crippen LogP contribution in [0.2, 0.25) is 0 Å². The number of guanidine groups is 1. The smallest absolute Gasteiger partial charge is 0.251 e. The number of amides is 1. The molecule has 0 saturated heterocycles. The molecule has 0 aliphatic rings. The minimum atomic E-state index is -0.0372. The second kappa shape index (κ2) is 12.3. The van der Waals surface area contributed by atoms with Crippen LogP contribution in [-0.4, -0.2) is 44.7 Å². The third-order valence-electron chi connectivity index (χ3n) is 3.76. The van der Waals surface area contributed by atoms with E-state index in [0.29, 0.717) is 12.1 Å². The lowest BCUT2D eigenvalue weighted by Crippen LogP contribution is -2.38. The summed E-state index contributed by atoms with van der Waals surface area (Å²) in [5, 5.41) is 9.48. The normalized spacial score (nSPS) is 12.6. The lowest BCUT2D eigenvalue weighted by molar-refractivity contribution is 0.0939. The minimum Gasteiger partial charge on any atom is -0.385 e. The summed E-state index contributed by atoms with van der Waals surface area (Å²) < 4.78 is 5.05. The Kier molecular flexibility index (Phi) is 10.3. The van der Waals surface area contributed by atoms with Gasteiger partial charge in [0.15, 0.2) is 5.96 Å². The molecule has 1 unspecified atom stereocenters. The van der Waals surface area contributed by atoms with E-state index in [-0.39, 0.29) is 11.9 Å². The van der Waals surface area contributed by atoms with Gasteiger partial charge in [0.1, 0.15) is 0 Å². The van der Waals surface area contributed by atoms with Gasteiger partial charge in [-0.3, -0.25) is 4.79 Å². The number of carbonyl (C=O) groups excluding carboxylic acids is 1. The van der Waals surface area contributed by atoms with Crippen LogP contribution in [0.4, 0.5) is 0 Å². The summed E-state index contributed by atoms with van der Waals surface area (Å²) in [6.45, 7) is 8.93. The number of ether oxygens (including phenoxy) is 1. The Morgan fingerprint density at radius 3 is 2.76 bits per heavy atom. The molecular formula is C19H32N4O2. The first-order valence-corrected chi connectivity index (χ1v) is 9.01. The molecule has 0 heterocycles. The van der Waals surface area contributed by atoms with E-state index in [2.05, 4.69) is 27.9 Å². The van der Waals surface area contributed by atoms with E-state index < -0.39 is 0 Å². The largest absolute Gasteiger partial charge is 0.385 e. The molecule has 0 spiro atoms. The van der Waals surface area contributed by atoms with Gasteiger partial charge in [0.25, 0.3) is 5.91 Å². The Bertz CT molecular complexity index is 546. The molecule has 1 amide bonds. The van der Waals surface area contributed by atoms with E-state index in [4.69, 9.17) is 4.74 Å². The maximum atomic E-state index is 12.2. The van der Waals surface area contributed by atoms with Gasteiger partial charge in [-0.1, -0.05) is 19.1 Å². The number of hydrogen-bond donors (Lipinski definition) is 3. The van der Waals surface area contributed by atoms with Crippen molar-refractivity contribution in [1.29, 1.82) is 0 Å². The highest BCUT2D eigenvalue weighted by molar-refractivity contribution is 5.94. The number of hydrogen-bond acceptors (Lipinski definition) is 3.